The number of pyridine rings is 3. The Labute approximate surface area is 157 Å². The van der Waals surface area contributed by atoms with E-state index in [1.807, 2.05) is 48.7 Å². The van der Waals surface area contributed by atoms with Gasteiger partial charge in [-0.3, -0.25) is 15.0 Å². The highest BCUT2D eigenvalue weighted by Crippen LogP contribution is 2.22. The van der Waals surface area contributed by atoms with E-state index in [0.717, 1.165) is 35.7 Å². The Morgan fingerprint density at radius 3 is 2.41 bits per heavy atom. The lowest BCUT2D eigenvalue weighted by atomic mass is 10.2. The molecular weight excluding hydrogens is 336 g/mol. The fourth-order valence-corrected chi connectivity index (χ4v) is 2.69. The van der Waals surface area contributed by atoms with Crippen molar-refractivity contribution in [3.05, 3.63) is 85.1 Å². The fraction of sp³-hybridized carbons (Fsp3) is 0.0952. The summed E-state index contributed by atoms with van der Waals surface area (Å²) in [5.74, 6) is 1.34. The minimum Gasteiger partial charge on any atom is -0.370 e. The maximum atomic E-state index is 4.68. The van der Waals surface area contributed by atoms with Gasteiger partial charge in [-0.05, 0) is 42.3 Å². The van der Waals surface area contributed by atoms with Crippen LogP contribution in [0.3, 0.4) is 0 Å². The molecule has 4 rings (SSSR count). The lowest BCUT2D eigenvalue weighted by Gasteiger charge is -2.10. The average Bonchev–Trinajstić information content (AvgIpc) is 2.76. The van der Waals surface area contributed by atoms with Crippen LogP contribution in [0.15, 0.2) is 79.5 Å². The van der Waals surface area contributed by atoms with E-state index in [0.29, 0.717) is 5.82 Å². The van der Waals surface area contributed by atoms with Gasteiger partial charge in [0.1, 0.15) is 11.5 Å². The molecule has 0 amide bonds. The van der Waals surface area contributed by atoms with E-state index in [4.69, 9.17) is 0 Å². The van der Waals surface area contributed by atoms with E-state index in [2.05, 4.69) is 36.3 Å². The van der Waals surface area contributed by atoms with E-state index in [1.54, 1.807) is 24.8 Å². The van der Waals surface area contributed by atoms with Gasteiger partial charge in [0.15, 0.2) is 5.82 Å². The number of hydrogen-bond acceptors (Lipinski definition) is 6. The maximum Gasteiger partial charge on any atom is 0.180 e. The van der Waals surface area contributed by atoms with Crippen LogP contribution in [0.25, 0.3) is 22.8 Å². The molecule has 6 nitrogen and oxygen atoms in total. The number of nitrogens with one attached hydrogen (secondary N) is 1. The summed E-state index contributed by atoms with van der Waals surface area (Å²) in [5, 5.41) is 3.39. The van der Waals surface area contributed by atoms with Gasteiger partial charge in [0.25, 0.3) is 0 Å². The van der Waals surface area contributed by atoms with Crippen LogP contribution >= 0.6 is 0 Å². The highest BCUT2D eigenvalue weighted by atomic mass is 15.0. The van der Waals surface area contributed by atoms with Crippen molar-refractivity contribution >= 4 is 5.82 Å². The molecule has 0 spiro atoms. The summed E-state index contributed by atoms with van der Waals surface area (Å²) >= 11 is 0. The predicted octanol–water partition coefficient (Wildman–Crippen LogP) is 3.65. The van der Waals surface area contributed by atoms with Gasteiger partial charge in [-0.25, -0.2) is 9.97 Å². The third-order valence-electron chi connectivity index (χ3n) is 4.02. The molecule has 0 aromatic carbocycles. The molecule has 1 N–H and O–H groups in total. The first-order valence-corrected chi connectivity index (χ1v) is 8.72. The fourth-order valence-electron chi connectivity index (χ4n) is 2.69. The van der Waals surface area contributed by atoms with Gasteiger partial charge in [-0.15, -0.1) is 0 Å². The van der Waals surface area contributed by atoms with E-state index < -0.39 is 0 Å². The van der Waals surface area contributed by atoms with Crippen LogP contribution in [-0.4, -0.2) is 31.5 Å². The first-order valence-electron chi connectivity index (χ1n) is 8.72. The molecule has 0 bridgehead atoms. The Morgan fingerprint density at radius 1 is 0.778 bits per heavy atom. The molecule has 0 aliphatic heterocycles. The molecule has 0 saturated carbocycles. The van der Waals surface area contributed by atoms with Gasteiger partial charge >= 0.3 is 0 Å². The van der Waals surface area contributed by atoms with Crippen molar-refractivity contribution in [2.45, 2.75) is 6.42 Å². The Hall–Kier alpha value is -3.67. The minimum atomic E-state index is 0.584. The van der Waals surface area contributed by atoms with Gasteiger partial charge < -0.3 is 5.32 Å². The molecular formula is C21H18N6. The summed E-state index contributed by atoms with van der Waals surface area (Å²) in [6, 6.07) is 15.5. The van der Waals surface area contributed by atoms with Gasteiger partial charge in [-0.2, -0.15) is 0 Å². The summed E-state index contributed by atoms with van der Waals surface area (Å²) in [7, 11) is 0. The van der Waals surface area contributed by atoms with Gasteiger partial charge in [-0.1, -0.05) is 12.1 Å². The zero-order valence-electron chi connectivity index (χ0n) is 14.7. The largest absolute Gasteiger partial charge is 0.370 e. The predicted molar refractivity (Wildman–Crippen MR) is 105 cm³/mol. The van der Waals surface area contributed by atoms with Crippen molar-refractivity contribution in [1.82, 2.24) is 24.9 Å². The lowest BCUT2D eigenvalue weighted by molar-refractivity contribution is 0.988. The number of hydrogen-bond donors (Lipinski definition) is 1. The van der Waals surface area contributed by atoms with Crippen molar-refractivity contribution < 1.29 is 0 Å². The number of rotatable bonds is 6. The molecule has 0 saturated heterocycles. The smallest absolute Gasteiger partial charge is 0.180 e. The summed E-state index contributed by atoms with van der Waals surface area (Å²) in [5.41, 5.74) is 3.66. The molecule has 0 aliphatic carbocycles. The van der Waals surface area contributed by atoms with E-state index >= 15 is 0 Å². The van der Waals surface area contributed by atoms with Crippen molar-refractivity contribution in [1.29, 1.82) is 0 Å². The van der Waals surface area contributed by atoms with E-state index in [1.165, 1.54) is 5.56 Å². The third-order valence-corrected chi connectivity index (χ3v) is 4.02. The number of nitrogens with zero attached hydrogens (tertiary/aromatic N) is 5. The molecule has 6 heteroatoms. The topological polar surface area (TPSA) is 76.5 Å². The SMILES string of the molecule is c1ccc(-c2nc(NCCc3cccnc3)cc(-c3cccnc3)n2)nc1. The van der Waals surface area contributed by atoms with Crippen LogP contribution in [0.1, 0.15) is 5.56 Å². The van der Waals surface area contributed by atoms with E-state index in [9.17, 15) is 0 Å². The molecule has 0 unspecified atom stereocenters. The first kappa shape index (κ1) is 16.8. The summed E-state index contributed by atoms with van der Waals surface area (Å²) in [6.45, 7) is 0.747. The second-order valence-electron chi connectivity index (χ2n) is 5.96. The van der Waals surface area contributed by atoms with Crippen LogP contribution in [0.4, 0.5) is 5.82 Å². The third kappa shape index (κ3) is 4.30. The lowest BCUT2D eigenvalue weighted by Crippen LogP contribution is -2.08. The molecule has 0 atom stereocenters. The molecule has 4 heterocycles. The van der Waals surface area contributed by atoms with Gasteiger partial charge in [0.05, 0.1) is 5.69 Å². The highest BCUT2D eigenvalue weighted by molar-refractivity contribution is 5.65. The van der Waals surface area contributed by atoms with Gasteiger partial charge in [0, 0.05) is 49.2 Å². The molecule has 4 aromatic rings. The second-order valence-corrected chi connectivity index (χ2v) is 5.96. The van der Waals surface area contributed by atoms with Crippen molar-refractivity contribution in [2.24, 2.45) is 0 Å². The number of anilines is 1. The summed E-state index contributed by atoms with van der Waals surface area (Å²) in [4.78, 5) is 22.0. The zero-order chi connectivity index (χ0) is 18.3. The quantitative estimate of drug-likeness (QED) is 0.569. The van der Waals surface area contributed by atoms with Crippen LogP contribution in [0, 0.1) is 0 Å². The average molecular weight is 354 g/mol. The maximum absolute atomic E-state index is 4.68. The second kappa shape index (κ2) is 8.14. The molecule has 0 fully saturated rings. The van der Waals surface area contributed by atoms with Crippen LogP contribution in [0.2, 0.25) is 0 Å². The van der Waals surface area contributed by atoms with Crippen molar-refractivity contribution in [3.63, 3.8) is 0 Å². The Kier molecular flexibility index (Phi) is 5.06. The van der Waals surface area contributed by atoms with Crippen LogP contribution < -0.4 is 5.32 Å². The molecule has 0 aliphatic rings. The number of aromatic nitrogens is 5. The van der Waals surface area contributed by atoms with Crippen LogP contribution in [0.5, 0.6) is 0 Å². The highest BCUT2D eigenvalue weighted by Gasteiger charge is 2.09. The summed E-state index contributed by atoms with van der Waals surface area (Å²) in [6.07, 6.45) is 9.80. The monoisotopic (exact) mass is 354 g/mol. The Bertz CT molecular complexity index is 933. The standard InChI is InChI=1S/C21H18N6/c1-2-11-24-18(7-1)21-26-19(17-6-4-10-23-15-17)13-20(27-21)25-12-8-16-5-3-9-22-14-16/h1-7,9-11,13-15H,8,12H2,(H,25,26,27). The normalized spacial score (nSPS) is 10.5. The Balaban J connectivity index is 1.62. The van der Waals surface area contributed by atoms with Crippen molar-refractivity contribution in [2.75, 3.05) is 11.9 Å². The molecule has 0 radical (unpaired) electrons. The summed E-state index contributed by atoms with van der Waals surface area (Å²) < 4.78 is 0. The molecule has 4 aromatic heterocycles. The van der Waals surface area contributed by atoms with Gasteiger partial charge in [0.2, 0.25) is 0 Å². The Morgan fingerprint density at radius 2 is 1.67 bits per heavy atom. The molecule has 27 heavy (non-hydrogen) atoms. The van der Waals surface area contributed by atoms with E-state index in [-0.39, 0.29) is 0 Å². The first-order chi connectivity index (χ1) is 13.4. The zero-order valence-corrected chi connectivity index (χ0v) is 14.7. The van der Waals surface area contributed by atoms with Crippen LogP contribution in [-0.2, 0) is 6.42 Å². The minimum absolute atomic E-state index is 0.584. The molecule has 132 valence electrons. The van der Waals surface area contributed by atoms with Crippen molar-refractivity contribution in [3.8, 4) is 22.8 Å².